The molecular formula is C26H30FN3O2. The number of carbonyl (C=O) groups excluding carboxylic acids is 2. The lowest BCUT2D eigenvalue weighted by Gasteiger charge is -2.37. The summed E-state index contributed by atoms with van der Waals surface area (Å²) in [5, 5.41) is 5.75. The van der Waals surface area contributed by atoms with E-state index in [-0.39, 0.29) is 23.7 Å². The van der Waals surface area contributed by atoms with E-state index in [1.165, 1.54) is 12.1 Å². The summed E-state index contributed by atoms with van der Waals surface area (Å²) in [5.74, 6) is 5.57. The van der Waals surface area contributed by atoms with Crippen LogP contribution in [-0.2, 0) is 9.59 Å². The molecule has 0 radical (unpaired) electrons. The van der Waals surface area contributed by atoms with Crippen molar-refractivity contribution < 1.29 is 14.0 Å². The molecule has 0 unspecified atom stereocenters. The molecule has 0 spiro atoms. The number of carbonyl (C=O) groups is 2. The van der Waals surface area contributed by atoms with Gasteiger partial charge in [-0.15, -0.1) is 0 Å². The Morgan fingerprint density at radius 3 is 2.50 bits per heavy atom. The second kappa shape index (κ2) is 12.0. The van der Waals surface area contributed by atoms with Crippen LogP contribution in [0.4, 0.5) is 4.39 Å². The fourth-order valence-corrected chi connectivity index (χ4v) is 4.32. The zero-order chi connectivity index (χ0) is 22.8. The summed E-state index contributed by atoms with van der Waals surface area (Å²) in [6, 6.07) is 16.0. The summed E-state index contributed by atoms with van der Waals surface area (Å²) >= 11 is 0. The maximum absolute atomic E-state index is 13.3. The van der Waals surface area contributed by atoms with Crippen molar-refractivity contribution in [1.82, 2.24) is 15.5 Å². The molecule has 32 heavy (non-hydrogen) atoms. The van der Waals surface area contributed by atoms with E-state index in [1.807, 2.05) is 49.4 Å². The van der Waals surface area contributed by atoms with Crippen LogP contribution < -0.4 is 10.6 Å². The first-order valence-electron chi connectivity index (χ1n) is 11.1. The van der Waals surface area contributed by atoms with Crippen molar-refractivity contribution in [3.8, 4) is 11.8 Å². The molecule has 2 aromatic rings. The van der Waals surface area contributed by atoms with Crippen LogP contribution in [0.2, 0.25) is 0 Å². The minimum atomic E-state index is -0.271. The molecule has 0 aromatic heterocycles. The zero-order valence-corrected chi connectivity index (χ0v) is 18.4. The summed E-state index contributed by atoms with van der Waals surface area (Å²) in [6.07, 6.45) is 2.69. The van der Waals surface area contributed by atoms with Crippen molar-refractivity contribution in [1.29, 1.82) is 0 Å². The number of piperidine rings is 1. The standard InChI is InChI=1S/C26H30FN3O2/c1-20(29-26(32)12-7-21-5-3-2-4-6-21)18-30-15-13-23(14-16-30)25(17-28-19-31)22-8-10-24(27)11-9-22/h2-6,8-11,19-20,23,25H,13-18H2,1H3,(H,28,31)(H,29,32)/t20-,25+/m0/s1. The molecule has 3 rings (SSSR count). The van der Waals surface area contributed by atoms with Gasteiger partial charge in [0.1, 0.15) is 5.82 Å². The van der Waals surface area contributed by atoms with E-state index in [2.05, 4.69) is 27.4 Å². The second-order valence-corrected chi connectivity index (χ2v) is 8.31. The van der Waals surface area contributed by atoms with E-state index in [0.717, 1.165) is 50.0 Å². The summed E-state index contributed by atoms with van der Waals surface area (Å²) in [4.78, 5) is 25.3. The van der Waals surface area contributed by atoms with Crippen molar-refractivity contribution in [3.05, 3.63) is 71.5 Å². The smallest absolute Gasteiger partial charge is 0.296 e. The van der Waals surface area contributed by atoms with Crippen LogP contribution in [0.3, 0.4) is 0 Å². The largest absolute Gasteiger partial charge is 0.358 e. The molecule has 2 N–H and O–H groups in total. The van der Waals surface area contributed by atoms with Crippen LogP contribution in [0, 0.1) is 23.6 Å². The van der Waals surface area contributed by atoms with E-state index < -0.39 is 0 Å². The molecule has 0 saturated carbocycles. The van der Waals surface area contributed by atoms with E-state index in [1.54, 1.807) is 0 Å². The summed E-state index contributed by atoms with van der Waals surface area (Å²) in [5.41, 5.74) is 1.87. The van der Waals surface area contributed by atoms with Gasteiger partial charge in [0, 0.05) is 36.5 Å². The van der Waals surface area contributed by atoms with Gasteiger partial charge in [-0.3, -0.25) is 9.59 Å². The number of likely N-dealkylation sites (tertiary alicyclic amines) is 1. The van der Waals surface area contributed by atoms with Gasteiger partial charge in [0.15, 0.2) is 0 Å². The van der Waals surface area contributed by atoms with Gasteiger partial charge >= 0.3 is 0 Å². The van der Waals surface area contributed by atoms with Crippen molar-refractivity contribution in [2.45, 2.75) is 31.7 Å². The Bertz CT molecular complexity index is 929. The van der Waals surface area contributed by atoms with Gasteiger partial charge in [0.05, 0.1) is 0 Å². The minimum Gasteiger partial charge on any atom is -0.358 e. The summed E-state index contributed by atoms with van der Waals surface area (Å²) in [6.45, 7) is 5.13. The van der Waals surface area contributed by atoms with Crippen LogP contribution in [0.5, 0.6) is 0 Å². The fourth-order valence-electron chi connectivity index (χ4n) is 4.32. The second-order valence-electron chi connectivity index (χ2n) is 8.31. The van der Waals surface area contributed by atoms with Crippen molar-refractivity contribution >= 4 is 12.3 Å². The number of hydrogen-bond acceptors (Lipinski definition) is 3. The van der Waals surface area contributed by atoms with E-state index in [4.69, 9.17) is 0 Å². The van der Waals surface area contributed by atoms with E-state index in [9.17, 15) is 14.0 Å². The number of nitrogens with zero attached hydrogens (tertiary/aromatic N) is 1. The Kier molecular flexibility index (Phi) is 8.82. The van der Waals surface area contributed by atoms with Gasteiger partial charge in [0.2, 0.25) is 6.41 Å². The zero-order valence-electron chi connectivity index (χ0n) is 18.4. The van der Waals surface area contributed by atoms with Crippen molar-refractivity contribution in [3.63, 3.8) is 0 Å². The normalized spacial score (nSPS) is 16.3. The Balaban J connectivity index is 1.48. The molecule has 168 valence electrons. The first-order valence-corrected chi connectivity index (χ1v) is 11.1. The topological polar surface area (TPSA) is 61.4 Å². The molecular weight excluding hydrogens is 405 g/mol. The molecule has 0 bridgehead atoms. The van der Waals surface area contributed by atoms with Crippen molar-refractivity contribution in [2.24, 2.45) is 5.92 Å². The highest BCUT2D eigenvalue weighted by Crippen LogP contribution is 2.32. The number of halogens is 1. The highest BCUT2D eigenvalue weighted by atomic mass is 19.1. The summed E-state index contributed by atoms with van der Waals surface area (Å²) < 4.78 is 13.3. The van der Waals surface area contributed by atoms with Crippen molar-refractivity contribution in [2.75, 3.05) is 26.2 Å². The van der Waals surface area contributed by atoms with Crippen LogP contribution in [-0.4, -0.2) is 49.4 Å². The SMILES string of the molecule is C[C@@H](CN1CCC([C@H](CNC=O)c2ccc(F)cc2)CC1)NC(=O)C#Cc1ccccc1. The Morgan fingerprint density at radius 2 is 1.84 bits per heavy atom. The maximum Gasteiger partial charge on any atom is 0.296 e. The van der Waals surface area contributed by atoms with Crippen LogP contribution in [0.1, 0.15) is 36.8 Å². The molecule has 1 saturated heterocycles. The lowest BCUT2D eigenvalue weighted by Crippen LogP contribution is -2.45. The lowest BCUT2D eigenvalue weighted by molar-refractivity contribution is -0.116. The molecule has 1 aliphatic heterocycles. The Hall–Kier alpha value is -3.17. The molecule has 1 aliphatic rings. The van der Waals surface area contributed by atoms with Crippen LogP contribution in [0.25, 0.3) is 0 Å². The molecule has 2 amide bonds. The van der Waals surface area contributed by atoms with E-state index in [0.29, 0.717) is 12.5 Å². The highest BCUT2D eigenvalue weighted by molar-refractivity contribution is 5.94. The predicted molar refractivity (Wildman–Crippen MR) is 123 cm³/mol. The monoisotopic (exact) mass is 435 g/mol. The predicted octanol–water partition coefficient (Wildman–Crippen LogP) is 2.92. The Morgan fingerprint density at radius 1 is 1.16 bits per heavy atom. The molecule has 1 heterocycles. The first kappa shape index (κ1) is 23.5. The molecule has 2 aromatic carbocycles. The minimum absolute atomic E-state index is 0.00579. The lowest BCUT2D eigenvalue weighted by atomic mass is 9.80. The average Bonchev–Trinajstić information content (AvgIpc) is 2.80. The molecule has 0 aliphatic carbocycles. The number of benzene rings is 2. The maximum atomic E-state index is 13.3. The number of amides is 2. The van der Waals surface area contributed by atoms with Gasteiger partial charge in [0.25, 0.3) is 5.91 Å². The van der Waals surface area contributed by atoms with E-state index >= 15 is 0 Å². The number of nitrogens with one attached hydrogen (secondary N) is 2. The quantitative estimate of drug-likeness (QED) is 0.495. The molecule has 6 heteroatoms. The van der Waals surface area contributed by atoms with Gasteiger partial charge in [-0.05, 0) is 68.6 Å². The molecule has 5 nitrogen and oxygen atoms in total. The van der Waals surface area contributed by atoms with Gasteiger partial charge < -0.3 is 15.5 Å². The first-order chi connectivity index (χ1) is 15.5. The van der Waals surface area contributed by atoms with Gasteiger partial charge in [-0.2, -0.15) is 0 Å². The van der Waals surface area contributed by atoms with Gasteiger partial charge in [-0.1, -0.05) is 36.3 Å². The average molecular weight is 436 g/mol. The van der Waals surface area contributed by atoms with Crippen LogP contribution in [0.15, 0.2) is 54.6 Å². The van der Waals surface area contributed by atoms with Gasteiger partial charge in [-0.25, -0.2) is 4.39 Å². The third-order valence-electron chi connectivity index (χ3n) is 5.92. The number of rotatable bonds is 8. The fraction of sp³-hybridized carbons (Fsp3) is 0.385. The third kappa shape index (κ3) is 7.21. The highest BCUT2D eigenvalue weighted by Gasteiger charge is 2.28. The summed E-state index contributed by atoms with van der Waals surface area (Å²) in [7, 11) is 0. The molecule has 1 fully saturated rings. The Labute approximate surface area is 189 Å². The third-order valence-corrected chi connectivity index (χ3v) is 5.92. The van der Waals surface area contributed by atoms with Crippen LogP contribution >= 0.6 is 0 Å². The number of hydrogen-bond donors (Lipinski definition) is 2. The molecule has 2 atom stereocenters.